The molecule has 4 nitrogen and oxygen atoms in total. The lowest BCUT2D eigenvalue weighted by Crippen LogP contribution is -2.34. The highest BCUT2D eigenvalue weighted by Gasteiger charge is 2.30. The van der Waals surface area contributed by atoms with E-state index < -0.39 is 10.0 Å². The van der Waals surface area contributed by atoms with Gasteiger partial charge >= 0.3 is 0 Å². The summed E-state index contributed by atoms with van der Waals surface area (Å²) in [5.74, 6) is 1.64. The second kappa shape index (κ2) is 6.04. The van der Waals surface area contributed by atoms with E-state index in [1.165, 1.54) is 19.9 Å². The van der Waals surface area contributed by atoms with Gasteiger partial charge in [-0.25, -0.2) is 12.7 Å². The number of amides is 1. The van der Waals surface area contributed by atoms with Crippen LogP contribution in [-0.4, -0.2) is 31.4 Å². The molecule has 18 heavy (non-hydrogen) atoms. The maximum absolute atomic E-state index is 11.8. The van der Waals surface area contributed by atoms with Gasteiger partial charge in [0.25, 0.3) is 0 Å². The first-order valence-electron chi connectivity index (χ1n) is 6.79. The van der Waals surface area contributed by atoms with E-state index >= 15 is 0 Å². The third-order valence-corrected chi connectivity index (χ3v) is 6.26. The van der Waals surface area contributed by atoms with Crippen LogP contribution in [0.1, 0.15) is 46.5 Å². The molecule has 0 N–H and O–H groups in total. The number of carbonyl (C=O) groups excluding carboxylic acids is 1. The van der Waals surface area contributed by atoms with Gasteiger partial charge in [-0.15, -0.1) is 0 Å². The van der Waals surface area contributed by atoms with Gasteiger partial charge in [0, 0.05) is 13.5 Å². The molecule has 0 radical (unpaired) electrons. The number of nitrogens with zero attached hydrogens (tertiary/aromatic N) is 1. The Labute approximate surface area is 111 Å². The summed E-state index contributed by atoms with van der Waals surface area (Å²) < 4.78 is 24.0. The van der Waals surface area contributed by atoms with Crippen LogP contribution in [-0.2, 0) is 14.8 Å². The fourth-order valence-electron chi connectivity index (χ4n) is 2.69. The van der Waals surface area contributed by atoms with Crippen LogP contribution in [0.2, 0.25) is 0 Å². The van der Waals surface area contributed by atoms with Gasteiger partial charge in [0.05, 0.1) is 5.75 Å². The van der Waals surface area contributed by atoms with Crippen LogP contribution in [0.4, 0.5) is 0 Å². The van der Waals surface area contributed by atoms with Crippen LogP contribution in [0.15, 0.2) is 0 Å². The van der Waals surface area contributed by atoms with Gasteiger partial charge in [-0.2, -0.15) is 0 Å². The zero-order valence-electron chi connectivity index (χ0n) is 11.8. The summed E-state index contributed by atoms with van der Waals surface area (Å²) in [5, 5.41) is 0. The lowest BCUT2D eigenvalue weighted by molar-refractivity contribution is -0.126. The fraction of sp³-hybridized carbons (Fsp3) is 0.923. The Hall–Kier alpha value is -0.580. The number of hydrogen-bond donors (Lipinski definition) is 0. The van der Waals surface area contributed by atoms with Gasteiger partial charge in [0.15, 0.2) is 0 Å². The maximum atomic E-state index is 11.8. The van der Waals surface area contributed by atoms with E-state index in [1.807, 2.05) is 0 Å². The molecule has 1 saturated carbocycles. The topological polar surface area (TPSA) is 54.5 Å². The minimum atomic E-state index is -3.38. The maximum Gasteiger partial charge on any atom is 0.236 e. The van der Waals surface area contributed by atoms with E-state index in [9.17, 15) is 13.2 Å². The first-order chi connectivity index (χ1) is 8.29. The highest BCUT2D eigenvalue weighted by Crippen LogP contribution is 2.38. The molecular formula is C13H25NO3S. The average molecular weight is 275 g/mol. The van der Waals surface area contributed by atoms with Crippen LogP contribution in [0.5, 0.6) is 0 Å². The monoisotopic (exact) mass is 275 g/mol. The molecule has 0 aromatic carbocycles. The molecular weight excluding hydrogens is 250 g/mol. The molecule has 106 valence electrons. The van der Waals surface area contributed by atoms with Crippen molar-refractivity contribution in [3.8, 4) is 0 Å². The molecule has 1 amide bonds. The highest BCUT2D eigenvalue weighted by molar-refractivity contribution is 7.89. The summed E-state index contributed by atoms with van der Waals surface area (Å²) >= 11 is 0. The van der Waals surface area contributed by atoms with Crippen molar-refractivity contribution in [1.29, 1.82) is 0 Å². The largest absolute Gasteiger partial charge is 0.274 e. The molecule has 0 bridgehead atoms. The quantitative estimate of drug-likeness (QED) is 0.773. The molecule has 1 aliphatic rings. The molecule has 0 aromatic heterocycles. The Kier molecular flexibility index (Phi) is 5.20. The Morgan fingerprint density at radius 1 is 1.28 bits per heavy atom. The predicted molar refractivity (Wildman–Crippen MR) is 72.5 cm³/mol. The van der Waals surface area contributed by atoms with Crippen LogP contribution in [0, 0.1) is 17.8 Å². The van der Waals surface area contributed by atoms with Gasteiger partial charge in [-0.3, -0.25) is 4.79 Å². The summed E-state index contributed by atoms with van der Waals surface area (Å²) in [5.41, 5.74) is 0. The second-order valence-electron chi connectivity index (χ2n) is 5.47. The van der Waals surface area contributed by atoms with Crippen LogP contribution in [0.3, 0.4) is 0 Å². The van der Waals surface area contributed by atoms with Crippen molar-refractivity contribution < 1.29 is 13.2 Å². The molecule has 3 atom stereocenters. The number of carbonyl (C=O) groups is 1. The normalized spacial score (nSPS) is 28.3. The minimum absolute atomic E-state index is 0.0217. The smallest absolute Gasteiger partial charge is 0.236 e. The van der Waals surface area contributed by atoms with Crippen molar-refractivity contribution in [1.82, 2.24) is 4.31 Å². The SMILES string of the molecule is CCS(=O)(=O)N(C)C(=O)CC[C@H]1CC[C@@H](C)[C@H]1C. The van der Waals surface area contributed by atoms with E-state index in [0.29, 0.717) is 18.3 Å². The standard InChI is InChI=1S/C13H25NO3S/c1-5-18(16,17)14(4)13(15)9-8-12-7-6-10(2)11(12)3/h10-12H,5-9H2,1-4H3/t10-,11-,12-/m1/s1. The summed E-state index contributed by atoms with van der Waals surface area (Å²) in [6.45, 7) is 6.04. The first-order valence-corrected chi connectivity index (χ1v) is 8.40. The molecule has 1 aliphatic carbocycles. The van der Waals surface area contributed by atoms with Gasteiger partial charge in [-0.1, -0.05) is 20.3 Å². The summed E-state index contributed by atoms with van der Waals surface area (Å²) in [6, 6.07) is 0. The van der Waals surface area contributed by atoms with E-state index in [4.69, 9.17) is 0 Å². The highest BCUT2D eigenvalue weighted by atomic mass is 32.2. The fourth-order valence-corrected chi connectivity index (χ4v) is 3.48. The lowest BCUT2D eigenvalue weighted by atomic mass is 9.89. The first kappa shape index (κ1) is 15.5. The Bertz CT molecular complexity index is 391. The minimum Gasteiger partial charge on any atom is -0.274 e. The van der Waals surface area contributed by atoms with Gasteiger partial charge < -0.3 is 0 Å². The number of sulfonamides is 1. The lowest BCUT2D eigenvalue weighted by Gasteiger charge is -2.20. The number of rotatable bonds is 5. The van der Waals surface area contributed by atoms with Crippen LogP contribution in [0.25, 0.3) is 0 Å². The van der Waals surface area contributed by atoms with Crippen molar-refractivity contribution >= 4 is 15.9 Å². The third kappa shape index (κ3) is 3.46. The Morgan fingerprint density at radius 2 is 1.89 bits per heavy atom. The second-order valence-corrected chi connectivity index (χ2v) is 7.76. The summed E-state index contributed by atoms with van der Waals surface area (Å²) in [4.78, 5) is 11.8. The Morgan fingerprint density at radius 3 is 2.33 bits per heavy atom. The molecule has 0 saturated heterocycles. The summed E-state index contributed by atoms with van der Waals surface area (Å²) in [6.07, 6.45) is 3.55. The van der Waals surface area contributed by atoms with Gasteiger partial charge in [0.2, 0.25) is 15.9 Å². The molecule has 0 unspecified atom stereocenters. The van der Waals surface area contributed by atoms with Crippen molar-refractivity contribution in [3.05, 3.63) is 0 Å². The van der Waals surface area contributed by atoms with Gasteiger partial charge in [-0.05, 0) is 37.5 Å². The van der Waals surface area contributed by atoms with Crippen molar-refractivity contribution in [2.45, 2.75) is 46.5 Å². The average Bonchev–Trinajstić information content (AvgIpc) is 2.66. The third-order valence-electron chi connectivity index (χ3n) is 4.50. The molecule has 0 heterocycles. The van der Waals surface area contributed by atoms with Crippen LogP contribution < -0.4 is 0 Å². The van der Waals surface area contributed by atoms with Crippen molar-refractivity contribution in [3.63, 3.8) is 0 Å². The molecule has 1 fully saturated rings. The molecule has 0 aromatic rings. The molecule has 5 heteroatoms. The van der Waals surface area contributed by atoms with E-state index in [0.717, 1.165) is 16.6 Å². The molecule has 1 rings (SSSR count). The molecule has 0 aliphatic heterocycles. The van der Waals surface area contributed by atoms with E-state index in [2.05, 4.69) is 13.8 Å². The van der Waals surface area contributed by atoms with Gasteiger partial charge in [0.1, 0.15) is 0 Å². The summed E-state index contributed by atoms with van der Waals surface area (Å²) in [7, 11) is -2.02. The van der Waals surface area contributed by atoms with Crippen LogP contribution >= 0.6 is 0 Å². The Balaban J connectivity index is 2.47. The zero-order valence-corrected chi connectivity index (χ0v) is 12.7. The van der Waals surface area contributed by atoms with E-state index in [1.54, 1.807) is 6.92 Å². The molecule has 0 spiro atoms. The van der Waals surface area contributed by atoms with Crippen molar-refractivity contribution in [2.75, 3.05) is 12.8 Å². The van der Waals surface area contributed by atoms with Crippen molar-refractivity contribution in [2.24, 2.45) is 17.8 Å². The zero-order chi connectivity index (χ0) is 13.9. The van der Waals surface area contributed by atoms with E-state index in [-0.39, 0.29) is 11.7 Å². The number of hydrogen-bond acceptors (Lipinski definition) is 3. The predicted octanol–water partition coefficient (Wildman–Crippen LogP) is 2.26.